The lowest BCUT2D eigenvalue weighted by Gasteiger charge is -1.97. The van der Waals surface area contributed by atoms with Crippen LogP contribution in [0.5, 0.6) is 0 Å². The molecule has 0 aliphatic rings. The van der Waals surface area contributed by atoms with Crippen molar-refractivity contribution in [2.24, 2.45) is 0 Å². The molecule has 0 saturated carbocycles. The third-order valence-corrected chi connectivity index (χ3v) is 3.81. The van der Waals surface area contributed by atoms with E-state index in [1.54, 1.807) is 0 Å². The molecule has 0 fully saturated rings. The van der Waals surface area contributed by atoms with E-state index in [0.29, 0.717) is 0 Å². The summed E-state index contributed by atoms with van der Waals surface area (Å²) in [5.41, 5.74) is 2.14. The lowest BCUT2D eigenvalue weighted by molar-refractivity contribution is 1.49. The Labute approximate surface area is 95.3 Å². The molecule has 2 rings (SSSR count). The summed E-state index contributed by atoms with van der Waals surface area (Å²) in [7, 11) is 1.90. The third-order valence-electron chi connectivity index (χ3n) is 1.91. The van der Waals surface area contributed by atoms with E-state index < -0.39 is 0 Å². The molecule has 0 aliphatic carbocycles. The van der Waals surface area contributed by atoms with Crippen LogP contribution in [0.1, 0.15) is 0 Å². The number of hydrogen-bond donors (Lipinski definition) is 1. The monoisotopic (exact) mass is 268 g/mol. The van der Waals surface area contributed by atoms with E-state index in [1.807, 2.05) is 25.2 Å². The minimum absolute atomic E-state index is 1.000. The number of nitrogens with zero attached hydrogens (tertiary/aromatic N) is 1. The number of hydrogen-bond acceptors (Lipinski definition) is 3. The number of rotatable bonds is 2. The van der Waals surface area contributed by atoms with Crippen molar-refractivity contribution in [3.63, 3.8) is 0 Å². The molecule has 0 atom stereocenters. The predicted octanol–water partition coefficient (Wildman–Crippen LogP) is 3.61. The molecule has 0 bridgehead atoms. The molecule has 2 aromatic rings. The normalized spacial score (nSPS) is 10.1. The Hall–Kier alpha value is -0.870. The van der Waals surface area contributed by atoms with E-state index in [0.717, 1.165) is 20.7 Å². The van der Waals surface area contributed by atoms with Crippen molar-refractivity contribution >= 4 is 32.5 Å². The molecular weight excluding hydrogens is 260 g/mol. The van der Waals surface area contributed by atoms with Crippen molar-refractivity contribution < 1.29 is 0 Å². The summed E-state index contributed by atoms with van der Waals surface area (Å²) in [5, 5.41) is 4.15. The molecule has 1 N–H and O–H groups in total. The van der Waals surface area contributed by atoms with Crippen molar-refractivity contribution in [1.29, 1.82) is 0 Å². The Morgan fingerprint density at radius 1 is 1.29 bits per heavy atom. The van der Waals surface area contributed by atoms with Crippen LogP contribution in [0.15, 0.2) is 34.8 Å². The highest BCUT2D eigenvalue weighted by molar-refractivity contribution is 9.10. The zero-order chi connectivity index (χ0) is 9.97. The standard InChI is InChI=1S/C10H9BrN2S/c1-12-10-8(11)9(13-14-10)7-5-3-2-4-6-7/h2-6,12H,1H3. The van der Waals surface area contributed by atoms with Crippen LogP contribution in [0.25, 0.3) is 11.3 Å². The summed E-state index contributed by atoms with van der Waals surface area (Å²) in [5.74, 6) is 0. The number of anilines is 1. The SMILES string of the molecule is CNc1snc(-c2ccccc2)c1Br. The summed E-state index contributed by atoms with van der Waals surface area (Å²) in [6.45, 7) is 0. The first kappa shape index (κ1) is 9.68. The number of benzene rings is 1. The van der Waals surface area contributed by atoms with Crippen LogP contribution in [-0.2, 0) is 0 Å². The maximum absolute atomic E-state index is 4.39. The molecule has 2 nitrogen and oxygen atoms in total. The van der Waals surface area contributed by atoms with Crippen molar-refractivity contribution in [2.45, 2.75) is 0 Å². The first-order chi connectivity index (χ1) is 6.83. The van der Waals surface area contributed by atoms with E-state index in [9.17, 15) is 0 Å². The fourth-order valence-corrected chi connectivity index (χ4v) is 2.71. The Morgan fingerprint density at radius 2 is 2.00 bits per heavy atom. The second-order valence-electron chi connectivity index (χ2n) is 2.79. The van der Waals surface area contributed by atoms with Gasteiger partial charge in [-0.3, -0.25) is 0 Å². The van der Waals surface area contributed by atoms with Gasteiger partial charge in [0.1, 0.15) is 10.7 Å². The van der Waals surface area contributed by atoms with Gasteiger partial charge in [0.15, 0.2) is 0 Å². The molecule has 0 spiro atoms. The van der Waals surface area contributed by atoms with Gasteiger partial charge in [-0.05, 0) is 27.5 Å². The molecular formula is C10H9BrN2S. The van der Waals surface area contributed by atoms with Crippen LogP contribution in [-0.4, -0.2) is 11.4 Å². The van der Waals surface area contributed by atoms with Crippen molar-refractivity contribution in [3.8, 4) is 11.3 Å². The van der Waals surface area contributed by atoms with Gasteiger partial charge in [0.25, 0.3) is 0 Å². The average Bonchev–Trinajstić information content (AvgIpc) is 2.61. The van der Waals surface area contributed by atoms with E-state index in [-0.39, 0.29) is 0 Å². The summed E-state index contributed by atoms with van der Waals surface area (Å²) in [6, 6.07) is 10.1. The third kappa shape index (κ3) is 1.67. The molecule has 1 heterocycles. The fraction of sp³-hybridized carbons (Fsp3) is 0.100. The quantitative estimate of drug-likeness (QED) is 0.900. The number of nitrogens with one attached hydrogen (secondary N) is 1. The first-order valence-corrected chi connectivity index (χ1v) is 5.78. The summed E-state index contributed by atoms with van der Waals surface area (Å²) in [6.07, 6.45) is 0. The second-order valence-corrected chi connectivity index (χ2v) is 4.36. The van der Waals surface area contributed by atoms with Gasteiger partial charge < -0.3 is 5.32 Å². The van der Waals surface area contributed by atoms with Crippen LogP contribution in [0.4, 0.5) is 5.00 Å². The largest absolute Gasteiger partial charge is 0.378 e. The topological polar surface area (TPSA) is 24.9 Å². The molecule has 14 heavy (non-hydrogen) atoms. The van der Waals surface area contributed by atoms with Crippen molar-refractivity contribution in [2.75, 3.05) is 12.4 Å². The van der Waals surface area contributed by atoms with Crippen LogP contribution in [0, 0.1) is 0 Å². The van der Waals surface area contributed by atoms with Crippen LogP contribution in [0.2, 0.25) is 0 Å². The minimum Gasteiger partial charge on any atom is -0.378 e. The Morgan fingerprint density at radius 3 is 2.57 bits per heavy atom. The van der Waals surface area contributed by atoms with Crippen molar-refractivity contribution in [3.05, 3.63) is 34.8 Å². The van der Waals surface area contributed by atoms with Crippen LogP contribution >= 0.6 is 27.5 Å². The van der Waals surface area contributed by atoms with Gasteiger partial charge in [0.05, 0.1) is 4.47 Å². The predicted molar refractivity (Wildman–Crippen MR) is 64.8 cm³/mol. The molecule has 0 amide bonds. The molecule has 1 aromatic carbocycles. The molecule has 0 aliphatic heterocycles. The zero-order valence-electron chi connectivity index (χ0n) is 7.62. The number of aromatic nitrogens is 1. The Balaban J connectivity index is 2.48. The maximum Gasteiger partial charge on any atom is 0.124 e. The van der Waals surface area contributed by atoms with Gasteiger partial charge in [0.2, 0.25) is 0 Å². The maximum atomic E-state index is 4.39. The molecule has 1 aromatic heterocycles. The average molecular weight is 269 g/mol. The van der Waals surface area contributed by atoms with E-state index in [2.05, 4.69) is 37.8 Å². The highest BCUT2D eigenvalue weighted by Crippen LogP contribution is 2.36. The zero-order valence-corrected chi connectivity index (χ0v) is 10.0. The van der Waals surface area contributed by atoms with E-state index in [1.165, 1.54) is 11.5 Å². The molecule has 0 unspecified atom stereocenters. The Kier molecular flexibility index (Phi) is 2.84. The van der Waals surface area contributed by atoms with Gasteiger partial charge in [-0.25, -0.2) is 0 Å². The van der Waals surface area contributed by atoms with Gasteiger partial charge in [-0.15, -0.1) is 0 Å². The Bertz CT molecular complexity index is 425. The van der Waals surface area contributed by atoms with Gasteiger partial charge in [0, 0.05) is 12.6 Å². The second kappa shape index (κ2) is 4.11. The van der Waals surface area contributed by atoms with Crippen LogP contribution < -0.4 is 5.32 Å². The fourth-order valence-electron chi connectivity index (χ4n) is 1.21. The molecule has 0 radical (unpaired) electrons. The molecule has 4 heteroatoms. The van der Waals surface area contributed by atoms with E-state index in [4.69, 9.17) is 0 Å². The van der Waals surface area contributed by atoms with Gasteiger partial charge >= 0.3 is 0 Å². The minimum atomic E-state index is 1.000. The number of halogens is 1. The van der Waals surface area contributed by atoms with Gasteiger partial charge in [-0.1, -0.05) is 30.3 Å². The summed E-state index contributed by atoms with van der Waals surface area (Å²) < 4.78 is 5.43. The van der Waals surface area contributed by atoms with E-state index >= 15 is 0 Å². The van der Waals surface area contributed by atoms with Crippen LogP contribution in [0.3, 0.4) is 0 Å². The highest BCUT2D eigenvalue weighted by atomic mass is 79.9. The highest BCUT2D eigenvalue weighted by Gasteiger charge is 2.10. The first-order valence-electron chi connectivity index (χ1n) is 4.21. The summed E-state index contributed by atoms with van der Waals surface area (Å²) >= 11 is 5.00. The lowest BCUT2D eigenvalue weighted by atomic mass is 10.2. The lowest BCUT2D eigenvalue weighted by Crippen LogP contribution is -1.83. The smallest absolute Gasteiger partial charge is 0.124 e. The summed E-state index contributed by atoms with van der Waals surface area (Å²) in [4.78, 5) is 0. The van der Waals surface area contributed by atoms with Gasteiger partial charge in [-0.2, -0.15) is 4.37 Å². The van der Waals surface area contributed by atoms with Crippen molar-refractivity contribution in [1.82, 2.24) is 4.37 Å². The molecule has 72 valence electrons. The molecule has 0 saturated heterocycles.